The number of hydrogen-bond donors (Lipinski definition) is 1. The second kappa shape index (κ2) is 5.21. The summed E-state index contributed by atoms with van der Waals surface area (Å²) in [6, 6.07) is 8.04. The van der Waals surface area contributed by atoms with E-state index >= 15 is 0 Å². The van der Waals surface area contributed by atoms with Crippen LogP contribution < -0.4 is 10.1 Å². The molecule has 2 heterocycles. The zero-order valence-electron chi connectivity index (χ0n) is 11.3. The third-order valence-electron chi connectivity index (χ3n) is 4.26. The standard InChI is InChI=1S/C15H20N2O2/c1-19-13-4-2-3-11(9-13)15(18)17-8-6-14-12(10-17)5-7-16-14/h2-4,9,12,14,16H,5-8,10H2,1H3. The van der Waals surface area contributed by atoms with Crippen LogP contribution in [0.1, 0.15) is 23.2 Å². The average molecular weight is 260 g/mol. The van der Waals surface area contributed by atoms with Crippen LogP contribution in [0.15, 0.2) is 24.3 Å². The van der Waals surface area contributed by atoms with Crippen LogP contribution in [0, 0.1) is 5.92 Å². The molecule has 19 heavy (non-hydrogen) atoms. The number of ether oxygens (including phenoxy) is 1. The molecule has 102 valence electrons. The number of rotatable bonds is 2. The van der Waals surface area contributed by atoms with E-state index in [1.165, 1.54) is 6.42 Å². The van der Waals surface area contributed by atoms with Gasteiger partial charge in [-0.25, -0.2) is 0 Å². The van der Waals surface area contributed by atoms with Gasteiger partial charge in [-0.2, -0.15) is 0 Å². The van der Waals surface area contributed by atoms with E-state index < -0.39 is 0 Å². The molecular weight excluding hydrogens is 240 g/mol. The summed E-state index contributed by atoms with van der Waals surface area (Å²) in [6.45, 7) is 2.83. The van der Waals surface area contributed by atoms with Gasteiger partial charge in [0.05, 0.1) is 7.11 Å². The first-order valence-corrected chi connectivity index (χ1v) is 6.94. The summed E-state index contributed by atoms with van der Waals surface area (Å²) in [5.41, 5.74) is 0.726. The summed E-state index contributed by atoms with van der Waals surface area (Å²) in [6.07, 6.45) is 2.26. The third kappa shape index (κ3) is 2.45. The van der Waals surface area contributed by atoms with E-state index in [1.807, 2.05) is 29.2 Å². The number of nitrogens with zero attached hydrogens (tertiary/aromatic N) is 1. The molecule has 1 amide bonds. The summed E-state index contributed by atoms with van der Waals surface area (Å²) in [7, 11) is 1.62. The fraction of sp³-hybridized carbons (Fsp3) is 0.533. The van der Waals surface area contributed by atoms with Gasteiger partial charge in [0, 0.05) is 24.7 Å². The van der Waals surface area contributed by atoms with Crippen LogP contribution in [0.5, 0.6) is 5.75 Å². The van der Waals surface area contributed by atoms with Crippen molar-refractivity contribution in [3.05, 3.63) is 29.8 Å². The van der Waals surface area contributed by atoms with Crippen molar-refractivity contribution in [3.63, 3.8) is 0 Å². The minimum absolute atomic E-state index is 0.129. The SMILES string of the molecule is COc1cccc(C(=O)N2CCC3NCCC3C2)c1. The maximum absolute atomic E-state index is 12.5. The summed E-state index contributed by atoms with van der Waals surface area (Å²) < 4.78 is 5.18. The normalized spacial score (nSPS) is 26.1. The van der Waals surface area contributed by atoms with E-state index in [0.29, 0.717) is 12.0 Å². The first-order valence-electron chi connectivity index (χ1n) is 6.94. The predicted molar refractivity (Wildman–Crippen MR) is 73.4 cm³/mol. The van der Waals surface area contributed by atoms with Gasteiger partial charge in [-0.1, -0.05) is 6.07 Å². The van der Waals surface area contributed by atoms with Gasteiger partial charge in [-0.05, 0) is 43.5 Å². The molecular formula is C15H20N2O2. The van der Waals surface area contributed by atoms with Gasteiger partial charge in [-0.15, -0.1) is 0 Å². The number of nitrogens with one attached hydrogen (secondary N) is 1. The third-order valence-corrected chi connectivity index (χ3v) is 4.26. The largest absolute Gasteiger partial charge is 0.497 e. The molecule has 2 saturated heterocycles. The van der Waals surface area contributed by atoms with E-state index in [-0.39, 0.29) is 5.91 Å². The second-order valence-electron chi connectivity index (χ2n) is 5.38. The number of methoxy groups -OCH3 is 1. The predicted octanol–water partition coefficient (Wildman–Crippen LogP) is 1.52. The van der Waals surface area contributed by atoms with Crippen molar-refractivity contribution in [2.24, 2.45) is 5.92 Å². The summed E-state index contributed by atoms with van der Waals surface area (Å²) in [4.78, 5) is 14.5. The second-order valence-corrected chi connectivity index (χ2v) is 5.38. The van der Waals surface area contributed by atoms with E-state index in [1.54, 1.807) is 7.11 Å². The molecule has 1 aromatic rings. The quantitative estimate of drug-likeness (QED) is 0.876. The first kappa shape index (κ1) is 12.5. The highest BCUT2D eigenvalue weighted by Gasteiger charge is 2.34. The number of carbonyl (C=O) groups is 1. The van der Waals surface area contributed by atoms with Gasteiger partial charge in [0.1, 0.15) is 5.75 Å². The molecule has 2 fully saturated rings. The number of hydrogen-bond acceptors (Lipinski definition) is 3. The molecule has 2 atom stereocenters. The summed E-state index contributed by atoms with van der Waals surface area (Å²) in [5, 5.41) is 3.52. The van der Waals surface area contributed by atoms with E-state index in [0.717, 1.165) is 37.4 Å². The van der Waals surface area contributed by atoms with Crippen LogP contribution in [0.3, 0.4) is 0 Å². The maximum atomic E-state index is 12.5. The van der Waals surface area contributed by atoms with Crippen LogP contribution in [0.2, 0.25) is 0 Å². The van der Waals surface area contributed by atoms with Crippen molar-refractivity contribution in [1.29, 1.82) is 0 Å². The van der Waals surface area contributed by atoms with Gasteiger partial charge in [0.2, 0.25) is 0 Å². The number of amides is 1. The van der Waals surface area contributed by atoms with E-state index in [9.17, 15) is 4.79 Å². The van der Waals surface area contributed by atoms with E-state index in [4.69, 9.17) is 4.74 Å². The van der Waals surface area contributed by atoms with Crippen LogP contribution >= 0.6 is 0 Å². The van der Waals surface area contributed by atoms with Crippen molar-refractivity contribution in [3.8, 4) is 5.75 Å². The van der Waals surface area contributed by atoms with Crippen LogP contribution in [-0.4, -0.2) is 43.6 Å². The molecule has 2 aliphatic rings. The molecule has 1 aromatic carbocycles. The van der Waals surface area contributed by atoms with Gasteiger partial charge in [0.15, 0.2) is 0 Å². The lowest BCUT2D eigenvalue weighted by atomic mass is 9.93. The lowest BCUT2D eigenvalue weighted by molar-refractivity contribution is 0.0661. The van der Waals surface area contributed by atoms with Crippen molar-refractivity contribution in [2.45, 2.75) is 18.9 Å². The fourth-order valence-electron chi connectivity index (χ4n) is 3.17. The van der Waals surface area contributed by atoms with Crippen molar-refractivity contribution in [2.75, 3.05) is 26.7 Å². The minimum atomic E-state index is 0.129. The van der Waals surface area contributed by atoms with Crippen molar-refractivity contribution in [1.82, 2.24) is 10.2 Å². The van der Waals surface area contributed by atoms with Crippen LogP contribution in [0.25, 0.3) is 0 Å². The average Bonchev–Trinajstić information content (AvgIpc) is 2.94. The molecule has 0 aromatic heterocycles. The zero-order chi connectivity index (χ0) is 13.2. The Kier molecular flexibility index (Phi) is 3.42. The lowest BCUT2D eigenvalue weighted by Gasteiger charge is -2.35. The summed E-state index contributed by atoms with van der Waals surface area (Å²) >= 11 is 0. The summed E-state index contributed by atoms with van der Waals surface area (Å²) in [5.74, 6) is 1.50. The zero-order valence-corrected chi connectivity index (χ0v) is 11.3. The monoisotopic (exact) mass is 260 g/mol. The maximum Gasteiger partial charge on any atom is 0.253 e. The highest BCUT2D eigenvalue weighted by Crippen LogP contribution is 2.26. The molecule has 1 N–H and O–H groups in total. The highest BCUT2D eigenvalue weighted by molar-refractivity contribution is 5.94. The van der Waals surface area contributed by atoms with Crippen LogP contribution in [0.4, 0.5) is 0 Å². The molecule has 2 unspecified atom stereocenters. The smallest absolute Gasteiger partial charge is 0.253 e. The topological polar surface area (TPSA) is 41.6 Å². The Morgan fingerprint density at radius 3 is 3.16 bits per heavy atom. The number of piperidine rings is 1. The number of fused-ring (bicyclic) bond motifs is 1. The highest BCUT2D eigenvalue weighted by atomic mass is 16.5. The van der Waals surface area contributed by atoms with Gasteiger partial charge < -0.3 is 15.0 Å². The number of benzene rings is 1. The van der Waals surface area contributed by atoms with E-state index in [2.05, 4.69) is 5.32 Å². The molecule has 4 heteroatoms. The molecule has 4 nitrogen and oxygen atoms in total. The van der Waals surface area contributed by atoms with Gasteiger partial charge >= 0.3 is 0 Å². The molecule has 0 aliphatic carbocycles. The Morgan fingerprint density at radius 2 is 2.32 bits per heavy atom. The Labute approximate surface area is 113 Å². The van der Waals surface area contributed by atoms with Crippen molar-refractivity contribution < 1.29 is 9.53 Å². The fourth-order valence-corrected chi connectivity index (χ4v) is 3.17. The van der Waals surface area contributed by atoms with Gasteiger partial charge in [-0.3, -0.25) is 4.79 Å². The molecule has 0 bridgehead atoms. The minimum Gasteiger partial charge on any atom is -0.497 e. The number of likely N-dealkylation sites (tertiary alicyclic amines) is 1. The molecule has 2 aliphatic heterocycles. The van der Waals surface area contributed by atoms with Gasteiger partial charge in [0.25, 0.3) is 5.91 Å². The Hall–Kier alpha value is -1.55. The number of carbonyl (C=O) groups excluding carboxylic acids is 1. The Balaban J connectivity index is 1.72. The lowest BCUT2D eigenvalue weighted by Crippen LogP contribution is -2.46. The van der Waals surface area contributed by atoms with Crippen molar-refractivity contribution >= 4 is 5.91 Å². The molecule has 0 spiro atoms. The molecule has 0 saturated carbocycles. The Bertz CT molecular complexity index is 475. The molecule has 3 rings (SSSR count). The molecule has 0 radical (unpaired) electrons. The Morgan fingerprint density at radius 1 is 1.42 bits per heavy atom. The van der Waals surface area contributed by atoms with Crippen LogP contribution in [-0.2, 0) is 0 Å². The first-order chi connectivity index (χ1) is 9.28.